The summed E-state index contributed by atoms with van der Waals surface area (Å²) < 4.78 is 5.35. The zero-order valence-corrected chi connectivity index (χ0v) is 14.0. The molecule has 0 radical (unpaired) electrons. The topological polar surface area (TPSA) is 84.7 Å². The van der Waals surface area contributed by atoms with E-state index in [-0.39, 0.29) is 24.4 Å². The smallest absolute Gasteiger partial charge is 0.251 e. The minimum absolute atomic E-state index is 0.0285. The van der Waals surface area contributed by atoms with Gasteiger partial charge in [-0.15, -0.1) is 0 Å². The van der Waals surface area contributed by atoms with Gasteiger partial charge < -0.3 is 20.7 Å². The molecule has 1 saturated carbocycles. The highest BCUT2D eigenvalue weighted by Gasteiger charge is 2.42. The van der Waals surface area contributed by atoms with Gasteiger partial charge in [0.05, 0.1) is 13.2 Å². The molecule has 2 fully saturated rings. The van der Waals surface area contributed by atoms with E-state index in [1.165, 1.54) is 0 Å². The summed E-state index contributed by atoms with van der Waals surface area (Å²) in [5.41, 5.74) is 6.62. The zero-order chi connectivity index (χ0) is 17.1. The van der Waals surface area contributed by atoms with E-state index in [0.717, 1.165) is 31.7 Å². The van der Waals surface area contributed by atoms with Gasteiger partial charge >= 0.3 is 0 Å². The molecule has 0 aromatic heterocycles. The number of likely N-dealkylation sites (tertiary alicyclic amines) is 1. The predicted molar refractivity (Wildman–Crippen MR) is 90.7 cm³/mol. The van der Waals surface area contributed by atoms with Gasteiger partial charge in [-0.05, 0) is 55.9 Å². The van der Waals surface area contributed by atoms with E-state index in [1.54, 1.807) is 24.3 Å². The lowest BCUT2D eigenvalue weighted by molar-refractivity contribution is -0.129. The number of amides is 2. The third-order valence-electron chi connectivity index (χ3n) is 5.09. The first-order valence-electron chi connectivity index (χ1n) is 8.63. The second kappa shape index (κ2) is 7.21. The van der Waals surface area contributed by atoms with Crippen LogP contribution in [0.4, 0.5) is 0 Å². The fraction of sp³-hybridized carbons (Fsp3) is 0.556. The van der Waals surface area contributed by atoms with E-state index in [4.69, 9.17) is 10.5 Å². The summed E-state index contributed by atoms with van der Waals surface area (Å²) in [4.78, 5) is 26.3. The predicted octanol–water partition coefficient (Wildman–Crippen LogP) is 1.01. The molecule has 24 heavy (non-hydrogen) atoms. The minimum atomic E-state index is -0.248. The van der Waals surface area contributed by atoms with Crippen molar-refractivity contribution >= 4 is 11.8 Å². The van der Waals surface area contributed by atoms with Gasteiger partial charge in [-0.2, -0.15) is 0 Å². The molecule has 1 aliphatic heterocycles. The van der Waals surface area contributed by atoms with Gasteiger partial charge in [0, 0.05) is 24.7 Å². The highest BCUT2D eigenvalue weighted by atomic mass is 16.5. The van der Waals surface area contributed by atoms with Gasteiger partial charge in [-0.3, -0.25) is 9.59 Å². The molecular formula is C18H25N3O3. The van der Waals surface area contributed by atoms with Crippen molar-refractivity contribution in [3.05, 3.63) is 29.8 Å². The Kier molecular flexibility index (Phi) is 5.04. The van der Waals surface area contributed by atoms with Gasteiger partial charge in [0.2, 0.25) is 5.91 Å². The maximum Gasteiger partial charge on any atom is 0.251 e. The first-order chi connectivity index (χ1) is 11.6. The summed E-state index contributed by atoms with van der Waals surface area (Å²) in [6.07, 6.45) is 2.17. The quantitative estimate of drug-likeness (QED) is 0.843. The lowest BCUT2D eigenvalue weighted by atomic mass is 9.98. The summed E-state index contributed by atoms with van der Waals surface area (Å²) in [5.74, 6) is 1.41. The van der Waals surface area contributed by atoms with Crippen molar-refractivity contribution in [3.8, 4) is 5.75 Å². The summed E-state index contributed by atoms with van der Waals surface area (Å²) in [6.45, 7) is 4.02. The van der Waals surface area contributed by atoms with E-state index in [1.807, 2.05) is 11.8 Å². The van der Waals surface area contributed by atoms with Crippen molar-refractivity contribution < 1.29 is 14.3 Å². The van der Waals surface area contributed by atoms with Crippen LogP contribution in [0.25, 0.3) is 0 Å². The molecule has 3 atom stereocenters. The monoisotopic (exact) mass is 331 g/mol. The Hall–Kier alpha value is -2.08. The molecule has 0 spiro atoms. The number of hydrogen-bond acceptors (Lipinski definition) is 4. The number of fused-ring (bicyclic) bond motifs is 1. The number of carbonyl (C=O) groups excluding carboxylic acids is 2. The molecule has 1 aliphatic carbocycles. The SMILES string of the molecule is CCOc1ccc(C(=O)NCC(=O)N2CC3CCC(N)C3C2)cc1. The van der Waals surface area contributed by atoms with Crippen LogP contribution in [0, 0.1) is 11.8 Å². The number of benzene rings is 1. The molecule has 3 rings (SSSR count). The Labute approximate surface area is 142 Å². The van der Waals surface area contributed by atoms with Gasteiger partial charge in [0.25, 0.3) is 5.91 Å². The Balaban J connectivity index is 1.48. The van der Waals surface area contributed by atoms with E-state index in [9.17, 15) is 9.59 Å². The average Bonchev–Trinajstić information content (AvgIpc) is 3.16. The normalized spacial score (nSPS) is 25.4. The van der Waals surface area contributed by atoms with Crippen LogP contribution in [0.15, 0.2) is 24.3 Å². The lowest BCUT2D eigenvalue weighted by Gasteiger charge is -2.19. The van der Waals surface area contributed by atoms with Crippen LogP contribution >= 0.6 is 0 Å². The number of carbonyl (C=O) groups is 2. The third-order valence-corrected chi connectivity index (χ3v) is 5.09. The standard InChI is InChI=1S/C18H25N3O3/c1-2-24-14-6-3-12(4-7-14)18(23)20-9-17(22)21-10-13-5-8-16(19)15(13)11-21/h3-4,6-7,13,15-16H,2,5,8-11,19H2,1H3,(H,20,23). The van der Waals surface area contributed by atoms with Crippen LogP contribution in [0.1, 0.15) is 30.1 Å². The lowest BCUT2D eigenvalue weighted by Crippen LogP contribution is -2.40. The summed E-state index contributed by atoms with van der Waals surface area (Å²) in [6, 6.07) is 7.12. The maximum absolute atomic E-state index is 12.3. The second-order valence-corrected chi connectivity index (χ2v) is 6.60. The Bertz CT molecular complexity index is 602. The first kappa shape index (κ1) is 16.8. The Morgan fingerprint density at radius 3 is 2.67 bits per heavy atom. The van der Waals surface area contributed by atoms with Crippen molar-refractivity contribution in [3.63, 3.8) is 0 Å². The number of rotatable bonds is 5. The van der Waals surface area contributed by atoms with Crippen molar-refractivity contribution in [2.24, 2.45) is 17.6 Å². The van der Waals surface area contributed by atoms with Crippen LogP contribution < -0.4 is 15.8 Å². The number of nitrogens with one attached hydrogen (secondary N) is 1. The Morgan fingerprint density at radius 2 is 2.00 bits per heavy atom. The van der Waals surface area contributed by atoms with E-state index in [0.29, 0.717) is 24.0 Å². The summed E-state index contributed by atoms with van der Waals surface area (Å²) in [5, 5.41) is 2.70. The van der Waals surface area contributed by atoms with Gasteiger partial charge in [0.1, 0.15) is 5.75 Å². The zero-order valence-electron chi connectivity index (χ0n) is 14.0. The molecule has 130 valence electrons. The molecule has 2 aliphatic rings. The number of ether oxygens (including phenoxy) is 1. The molecule has 1 heterocycles. The van der Waals surface area contributed by atoms with Crippen molar-refractivity contribution in [2.45, 2.75) is 25.8 Å². The molecule has 2 amide bonds. The van der Waals surface area contributed by atoms with Crippen LogP contribution in [0.2, 0.25) is 0 Å². The fourth-order valence-electron chi connectivity index (χ4n) is 3.75. The van der Waals surface area contributed by atoms with Crippen molar-refractivity contribution in [1.82, 2.24) is 10.2 Å². The van der Waals surface area contributed by atoms with E-state index >= 15 is 0 Å². The number of nitrogens with two attached hydrogens (primary N) is 1. The molecule has 1 saturated heterocycles. The van der Waals surface area contributed by atoms with Crippen molar-refractivity contribution in [1.29, 1.82) is 0 Å². The molecule has 1 aromatic rings. The van der Waals surface area contributed by atoms with E-state index in [2.05, 4.69) is 5.32 Å². The maximum atomic E-state index is 12.3. The third kappa shape index (κ3) is 3.53. The minimum Gasteiger partial charge on any atom is -0.494 e. The summed E-state index contributed by atoms with van der Waals surface area (Å²) in [7, 11) is 0. The van der Waals surface area contributed by atoms with Gasteiger partial charge in [-0.1, -0.05) is 0 Å². The number of nitrogens with zero attached hydrogens (tertiary/aromatic N) is 1. The molecule has 6 nitrogen and oxygen atoms in total. The van der Waals surface area contributed by atoms with Gasteiger partial charge in [0.15, 0.2) is 0 Å². The largest absolute Gasteiger partial charge is 0.494 e. The van der Waals surface area contributed by atoms with Crippen LogP contribution in [0.5, 0.6) is 5.75 Å². The van der Waals surface area contributed by atoms with E-state index < -0.39 is 0 Å². The molecule has 1 aromatic carbocycles. The fourth-order valence-corrected chi connectivity index (χ4v) is 3.75. The highest BCUT2D eigenvalue weighted by Crippen LogP contribution is 2.36. The molecule has 3 N–H and O–H groups in total. The molecular weight excluding hydrogens is 306 g/mol. The van der Waals surface area contributed by atoms with Crippen LogP contribution in [-0.4, -0.2) is 49.0 Å². The number of hydrogen-bond donors (Lipinski definition) is 2. The van der Waals surface area contributed by atoms with Crippen LogP contribution in [-0.2, 0) is 4.79 Å². The Morgan fingerprint density at radius 1 is 1.25 bits per heavy atom. The first-order valence-corrected chi connectivity index (χ1v) is 8.63. The van der Waals surface area contributed by atoms with Crippen molar-refractivity contribution in [2.75, 3.05) is 26.2 Å². The average molecular weight is 331 g/mol. The highest BCUT2D eigenvalue weighted by molar-refractivity contribution is 5.96. The van der Waals surface area contributed by atoms with Crippen LogP contribution in [0.3, 0.4) is 0 Å². The molecule has 3 unspecified atom stereocenters. The summed E-state index contributed by atoms with van der Waals surface area (Å²) >= 11 is 0. The second-order valence-electron chi connectivity index (χ2n) is 6.60. The van der Waals surface area contributed by atoms with Gasteiger partial charge in [-0.25, -0.2) is 0 Å². The molecule has 0 bridgehead atoms. The molecule has 6 heteroatoms.